The molecule has 0 atom stereocenters. The summed E-state index contributed by atoms with van der Waals surface area (Å²) in [4.78, 5) is 12.4. The number of methoxy groups -OCH3 is 1. The van der Waals surface area contributed by atoms with Crippen LogP contribution in [-0.4, -0.2) is 22.1 Å². The molecule has 2 heterocycles. The predicted octanol–water partition coefficient (Wildman–Crippen LogP) is 2.42. The molecule has 0 spiro atoms. The number of ether oxygens (including phenoxy) is 1. The number of hydrogen-bond acceptors (Lipinski definition) is 5. The lowest BCUT2D eigenvalue weighted by Gasteiger charge is -2.09. The minimum absolute atomic E-state index is 0.0862. The molecule has 6 heteroatoms. The van der Waals surface area contributed by atoms with Crippen LogP contribution >= 0.6 is 0 Å². The number of aromatic nitrogens is 3. The molecule has 0 amide bonds. The summed E-state index contributed by atoms with van der Waals surface area (Å²) in [5, 5.41) is 0.705. The average molecular weight is 270 g/mol. The number of halogens is 1. The predicted molar refractivity (Wildman–Crippen MR) is 73.7 cm³/mol. The number of fused-ring (bicyclic) bond motifs is 1. The molecule has 1 aromatic carbocycles. The van der Waals surface area contributed by atoms with Gasteiger partial charge in [0.05, 0.1) is 12.8 Å². The van der Waals surface area contributed by atoms with E-state index < -0.39 is 0 Å². The summed E-state index contributed by atoms with van der Waals surface area (Å²) in [5.74, 6) is 0.103. The van der Waals surface area contributed by atoms with E-state index in [0.29, 0.717) is 28.0 Å². The molecule has 0 aliphatic carbocycles. The van der Waals surface area contributed by atoms with Gasteiger partial charge in [-0.15, -0.1) is 0 Å². The lowest BCUT2D eigenvalue weighted by Crippen LogP contribution is -2.00. The maximum Gasteiger partial charge on any atom is 0.240 e. The Morgan fingerprint density at radius 3 is 2.80 bits per heavy atom. The van der Waals surface area contributed by atoms with Gasteiger partial charge in [-0.25, -0.2) is 19.3 Å². The molecule has 3 rings (SSSR count). The molecule has 0 saturated heterocycles. The van der Waals surface area contributed by atoms with Crippen LogP contribution in [-0.2, 0) is 0 Å². The van der Waals surface area contributed by atoms with Crippen LogP contribution in [0, 0.1) is 5.82 Å². The first kappa shape index (κ1) is 12.3. The SMILES string of the molecule is COc1nccc2c(-c3cccc(F)c3)nc(N)nc12. The summed E-state index contributed by atoms with van der Waals surface area (Å²) in [6.07, 6.45) is 1.59. The average Bonchev–Trinajstić information content (AvgIpc) is 2.45. The maximum atomic E-state index is 13.4. The Morgan fingerprint density at radius 1 is 1.20 bits per heavy atom. The normalized spacial score (nSPS) is 10.7. The van der Waals surface area contributed by atoms with Crippen molar-refractivity contribution < 1.29 is 9.13 Å². The van der Waals surface area contributed by atoms with Crippen LogP contribution in [0.4, 0.5) is 10.3 Å². The number of pyridine rings is 1. The van der Waals surface area contributed by atoms with Crippen molar-refractivity contribution in [1.82, 2.24) is 15.0 Å². The van der Waals surface area contributed by atoms with Gasteiger partial charge >= 0.3 is 0 Å². The molecule has 3 aromatic rings. The monoisotopic (exact) mass is 270 g/mol. The van der Waals surface area contributed by atoms with Crippen LogP contribution in [0.1, 0.15) is 0 Å². The molecule has 0 fully saturated rings. The molecule has 2 N–H and O–H groups in total. The van der Waals surface area contributed by atoms with Crippen LogP contribution < -0.4 is 10.5 Å². The fourth-order valence-corrected chi connectivity index (χ4v) is 2.05. The molecule has 0 radical (unpaired) electrons. The van der Waals surface area contributed by atoms with Crippen LogP contribution in [0.15, 0.2) is 36.5 Å². The van der Waals surface area contributed by atoms with Crippen LogP contribution in [0.5, 0.6) is 5.88 Å². The first-order valence-corrected chi connectivity index (χ1v) is 5.91. The van der Waals surface area contributed by atoms with Crippen molar-refractivity contribution in [3.8, 4) is 17.1 Å². The third-order valence-electron chi connectivity index (χ3n) is 2.89. The number of nitrogen functional groups attached to an aromatic ring is 1. The van der Waals surface area contributed by atoms with E-state index in [-0.39, 0.29) is 11.8 Å². The van der Waals surface area contributed by atoms with Crippen molar-refractivity contribution in [1.29, 1.82) is 0 Å². The van der Waals surface area contributed by atoms with Gasteiger partial charge in [0.25, 0.3) is 0 Å². The highest BCUT2D eigenvalue weighted by atomic mass is 19.1. The van der Waals surface area contributed by atoms with Gasteiger partial charge in [-0.05, 0) is 18.2 Å². The number of benzene rings is 1. The van der Waals surface area contributed by atoms with E-state index in [1.807, 2.05) is 0 Å². The van der Waals surface area contributed by atoms with E-state index >= 15 is 0 Å². The lowest BCUT2D eigenvalue weighted by molar-refractivity contribution is 0.402. The largest absolute Gasteiger partial charge is 0.479 e. The fourth-order valence-electron chi connectivity index (χ4n) is 2.05. The highest BCUT2D eigenvalue weighted by molar-refractivity contribution is 5.95. The fraction of sp³-hybridized carbons (Fsp3) is 0.0714. The molecular formula is C14H11FN4O. The van der Waals surface area contributed by atoms with Gasteiger partial charge < -0.3 is 10.5 Å². The van der Waals surface area contributed by atoms with E-state index in [9.17, 15) is 4.39 Å². The van der Waals surface area contributed by atoms with Crippen molar-refractivity contribution in [3.63, 3.8) is 0 Å². The molecule has 5 nitrogen and oxygen atoms in total. The molecule has 0 aliphatic heterocycles. The lowest BCUT2D eigenvalue weighted by atomic mass is 10.1. The zero-order valence-corrected chi connectivity index (χ0v) is 10.7. The van der Waals surface area contributed by atoms with Gasteiger partial charge in [0.15, 0.2) is 0 Å². The third kappa shape index (κ3) is 2.01. The molecule has 0 unspecified atom stereocenters. The van der Waals surface area contributed by atoms with Gasteiger partial charge in [0.1, 0.15) is 11.3 Å². The second-order valence-electron chi connectivity index (χ2n) is 4.16. The first-order valence-electron chi connectivity index (χ1n) is 5.91. The Labute approximate surface area is 114 Å². The number of nitrogens with two attached hydrogens (primary N) is 1. The summed E-state index contributed by atoms with van der Waals surface area (Å²) < 4.78 is 18.6. The number of rotatable bonds is 2. The zero-order valence-electron chi connectivity index (χ0n) is 10.7. The Balaban J connectivity index is 2.36. The molecule has 2 aromatic heterocycles. The Kier molecular flexibility index (Phi) is 2.90. The molecule has 100 valence electrons. The van der Waals surface area contributed by atoms with E-state index in [4.69, 9.17) is 10.5 Å². The van der Waals surface area contributed by atoms with E-state index in [1.165, 1.54) is 19.2 Å². The second kappa shape index (κ2) is 4.73. The molecule has 0 saturated carbocycles. The number of hydrogen-bond donors (Lipinski definition) is 1. The minimum atomic E-state index is -0.339. The standard InChI is InChI=1S/C14H11FN4O/c1-20-13-12-10(5-6-17-13)11(18-14(16)19-12)8-3-2-4-9(15)7-8/h2-7H,1H3,(H2,16,18,19). The van der Waals surface area contributed by atoms with Crippen molar-refractivity contribution >= 4 is 16.9 Å². The van der Waals surface area contributed by atoms with Gasteiger partial charge in [0.2, 0.25) is 11.8 Å². The van der Waals surface area contributed by atoms with Crippen molar-refractivity contribution in [2.24, 2.45) is 0 Å². The number of anilines is 1. The van der Waals surface area contributed by atoms with Gasteiger partial charge in [-0.2, -0.15) is 0 Å². The minimum Gasteiger partial charge on any atom is -0.479 e. The Morgan fingerprint density at radius 2 is 2.05 bits per heavy atom. The quantitative estimate of drug-likeness (QED) is 0.774. The van der Waals surface area contributed by atoms with Gasteiger partial charge in [-0.3, -0.25) is 0 Å². The van der Waals surface area contributed by atoms with Gasteiger partial charge in [0, 0.05) is 17.1 Å². The smallest absolute Gasteiger partial charge is 0.240 e. The summed E-state index contributed by atoms with van der Waals surface area (Å²) in [6.45, 7) is 0. The second-order valence-corrected chi connectivity index (χ2v) is 4.16. The van der Waals surface area contributed by atoms with Crippen LogP contribution in [0.2, 0.25) is 0 Å². The molecule has 0 aliphatic rings. The molecular weight excluding hydrogens is 259 g/mol. The zero-order chi connectivity index (χ0) is 14.1. The van der Waals surface area contributed by atoms with Crippen LogP contribution in [0.25, 0.3) is 22.2 Å². The summed E-state index contributed by atoms with van der Waals surface area (Å²) in [6, 6.07) is 7.90. The summed E-state index contributed by atoms with van der Waals surface area (Å²) in [7, 11) is 1.50. The highest BCUT2D eigenvalue weighted by Gasteiger charge is 2.13. The highest BCUT2D eigenvalue weighted by Crippen LogP contribution is 2.30. The first-order chi connectivity index (χ1) is 9.69. The third-order valence-corrected chi connectivity index (χ3v) is 2.89. The van der Waals surface area contributed by atoms with E-state index in [1.54, 1.807) is 24.4 Å². The number of nitrogens with zero attached hydrogens (tertiary/aromatic N) is 3. The summed E-state index contributed by atoms with van der Waals surface area (Å²) in [5.41, 5.74) is 7.40. The maximum absolute atomic E-state index is 13.4. The molecule has 20 heavy (non-hydrogen) atoms. The summed E-state index contributed by atoms with van der Waals surface area (Å²) >= 11 is 0. The molecule has 0 bridgehead atoms. The van der Waals surface area contributed by atoms with E-state index in [0.717, 1.165) is 0 Å². The van der Waals surface area contributed by atoms with Crippen molar-refractivity contribution in [2.75, 3.05) is 12.8 Å². The van der Waals surface area contributed by atoms with Crippen molar-refractivity contribution in [3.05, 3.63) is 42.3 Å². The Bertz CT molecular complexity index is 791. The van der Waals surface area contributed by atoms with E-state index in [2.05, 4.69) is 15.0 Å². The topological polar surface area (TPSA) is 73.9 Å². The van der Waals surface area contributed by atoms with Gasteiger partial charge in [-0.1, -0.05) is 12.1 Å². The van der Waals surface area contributed by atoms with Crippen molar-refractivity contribution in [2.45, 2.75) is 0 Å². The Hall–Kier alpha value is -2.76. The van der Waals surface area contributed by atoms with Crippen LogP contribution in [0.3, 0.4) is 0 Å².